The SMILES string of the molecule is CC1CCC(C/C=C/C(=O)Nc2cc3c(Nc4ccc(F)c(Cl)c4)ncnc3cc2OCCC2CC3(CCN(C)CC3)C2)C1. The van der Waals surface area contributed by atoms with E-state index in [1.54, 1.807) is 12.1 Å². The van der Waals surface area contributed by atoms with Crippen molar-refractivity contribution < 1.29 is 13.9 Å². The zero-order valence-corrected chi connectivity index (χ0v) is 26.5. The second-order valence-corrected chi connectivity index (χ2v) is 13.9. The van der Waals surface area contributed by atoms with Gasteiger partial charge >= 0.3 is 0 Å². The number of amides is 1. The molecule has 9 heteroatoms. The highest BCUT2D eigenvalue weighted by atomic mass is 35.5. The summed E-state index contributed by atoms with van der Waals surface area (Å²) in [6.45, 7) is 5.27. The fourth-order valence-corrected chi connectivity index (χ4v) is 7.58. The minimum atomic E-state index is -0.490. The standard InChI is InChI=1S/C35H43ClFN5O2/c1-23-6-7-24(16-23)4-3-5-33(43)41-31-18-27-30(38-22-39-34(27)40-26-8-9-29(37)28(36)17-26)19-32(31)44-15-10-25-20-35(21-25)11-13-42(2)14-12-35/h3,5,8-9,17-19,22-25H,4,6-7,10-16,20-21H2,1-2H3,(H,41,43)(H,38,39,40)/b5-3+. The Labute approximate surface area is 264 Å². The van der Waals surface area contributed by atoms with E-state index in [9.17, 15) is 9.18 Å². The molecular formula is C35H43ClFN5O2. The van der Waals surface area contributed by atoms with Gasteiger partial charge in [0, 0.05) is 17.1 Å². The van der Waals surface area contributed by atoms with Crippen molar-refractivity contribution in [3.05, 3.63) is 59.7 Å². The summed E-state index contributed by atoms with van der Waals surface area (Å²) in [5.41, 5.74) is 2.37. The van der Waals surface area contributed by atoms with E-state index >= 15 is 0 Å². The molecule has 1 aromatic heterocycles. The summed E-state index contributed by atoms with van der Waals surface area (Å²) in [6, 6.07) is 8.12. The maximum atomic E-state index is 13.7. The van der Waals surface area contributed by atoms with E-state index in [-0.39, 0.29) is 10.9 Å². The van der Waals surface area contributed by atoms with Crippen LogP contribution in [0.1, 0.15) is 64.7 Å². The molecule has 3 fully saturated rings. The number of piperidine rings is 1. The maximum Gasteiger partial charge on any atom is 0.248 e. The van der Waals surface area contributed by atoms with Crippen molar-refractivity contribution in [1.82, 2.24) is 14.9 Å². The molecule has 0 radical (unpaired) electrons. The first-order valence-electron chi connectivity index (χ1n) is 16.0. The fourth-order valence-electron chi connectivity index (χ4n) is 7.40. The Morgan fingerprint density at radius 1 is 1.16 bits per heavy atom. The summed E-state index contributed by atoms with van der Waals surface area (Å²) in [4.78, 5) is 24.4. The van der Waals surface area contributed by atoms with Crippen LogP contribution in [0.5, 0.6) is 5.75 Å². The number of fused-ring (bicyclic) bond motifs is 1. The summed E-state index contributed by atoms with van der Waals surface area (Å²) >= 11 is 6.01. The topological polar surface area (TPSA) is 79.4 Å². The van der Waals surface area contributed by atoms with Crippen LogP contribution in [0.2, 0.25) is 5.02 Å². The van der Waals surface area contributed by atoms with Crippen LogP contribution in [0, 0.1) is 29.0 Å². The Kier molecular flexibility index (Phi) is 9.38. The minimum absolute atomic E-state index is 0.0176. The van der Waals surface area contributed by atoms with Crippen LogP contribution >= 0.6 is 11.6 Å². The number of allylic oxidation sites excluding steroid dienone is 1. The lowest BCUT2D eigenvalue weighted by Gasteiger charge is -2.52. The zero-order chi connectivity index (χ0) is 30.7. The number of aromatic nitrogens is 2. The molecule has 2 unspecified atom stereocenters. The highest BCUT2D eigenvalue weighted by molar-refractivity contribution is 6.31. The molecule has 1 amide bonds. The molecule has 2 aliphatic carbocycles. The van der Waals surface area contributed by atoms with Crippen LogP contribution in [-0.2, 0) is 4.79 Å². The van der Waals surface area contributed by atoms with Gasteiger partial charge < -0.3 is 20.3 Å². The third kappa shape index (κ3) is 7.35. The van der Waals surface area contributed by atoms with E-state index in [0.29, 0.717) is 57.7 Å². The third-order valence-electron chi connectivity index (χ3n) is 9.99. The normalized spacial score (nSPS) is 22.0. The van der Waals surface area contributed by atoms with Gasteiger partial charge in [-0.1, -0.05) is 31.0 Å². The molecule has 7 nitrogen and oxygen atoms in total. The van der Waals surface area contributed by atoms with Crippen LogP contribution in [0.25, 0.3) is 10.9 Å². The maximum absolute atomic E-state index is 13.7. The molecule has 2 saturated carbocycles. The van der Waals surface area contributed by atoms with E-state index in [4.69, 9.17) is 16.3 Å². The Hall–Kier alpha value is -3.23. The molecule has 2 atom stereocenters. The molecule has 1 saturated heterocycles. The molecule has 0 bridgehead atoms. The predicted octanol–water partition coefficient (Wildman–Crippen LogP) is 8.38. The number of nitrogens with zero attached hydrogens (tertiary/aromatic N) is 3. The number of ether oxygens (including phenoxy) is 1. The van der Waals surface area contributed by atoms with Crippen molar-refractivity contribution in [2.45, 2.75) is 64.7 Å². The van der Waals surface area contributed by atoms with Gasteiger partial charge in [0.25, 0.3) is 0 Å². The molecule has 6 rings (SSSR count). The van der Waals surface area contributed by atoms with E-state index in [1.807, 2.05) is 18.2 Å². The minimum Gasteiger partial charge on any atom is -0.491 e. The Bertz CT molecular complexity index is 1510. The summed E-state index contributed by atoms with van der Waals surface area (Å²) in [5.74, 6) is 2.52. The second-order valence-electron chi connectivity index (χ2n) is 13.5. The molecule has 3 aromatic rings. The van der Waals surface area contributed by atoms with Crippen molar-refractivity contribution in [3.63, 3.8) is 0 Å². The molecular weight excluding hydrogens is 577 g/mol. The largest absolute Gasteiger partial charge is 0.491 e. The van der Waals surface area contributed by atoms with Crippen molar-refractivity contribution in [3.8, 4) is 5.75 Å². The van der Waals surface area contributed by atoms with Gasteiger partial charge in [0.15, 0.2) is 0 Å². The van der Waals surface area contributed by atoms with Gasteiger partial charge in [0.05, 0.1) is 22.8 Å². The first kappa shape index (κ1) is 30.8. The zero-order valence-electron chi connectivity index (χ0n) is 25.8. The number of carbonyl (C=O) groups excluding carboxylic acids is 1. The van der Waals surface area contributed by atoms with Gasteiger partial charge in [0.1, 0.15) is 23.7 Å². The summed E-state index contributed by atoms with van der Waals surface area (Å²) in [7, 11) is 2.21. The number of halogens is 2. The number of rotatable bonds is 10. The molecule has 1 spiro atoms. The van der Waals surface area contributed by atoms with E-state index in [2.05, 4.69) is 39.5 Å². The predicted molar refractivity (Wildman–Crippen MR) is 175 cm³/mol. The van der Waals surface area contributed by atoms with Crippen molar-refractivity contribution in [1.29, 1.82) is 0 Å². The lowest BCUT2D eigenvalue weighted by Crippen LogP contribution is -2.46. The average Bonchev–Trinajstić information content (AvgIpc) is 3.40. The first-order chi connectivity index (χ1) is 21.2. The number of benzene rings is 2. The highest BCUT2D eigenvalue weighted by Gasteiger charge is 2.44. The second kappa shape index (κ2) is 13.4. The number of nitrogens with one attached hydrogen (secondary N) is 2. The van der Waals surface area contributed by atoms with Crippen LogP contribution in [0.4, 0.5) is 21.6 Å². The number of likely N-dealkylation sites (tertiary alicyclic amines) is 1. The first-order valence-corrected chi connectivity index (χ1v) is 16.4. The fraction of sp³-hybridized carbons (Fsp3) is 0.514. The van der Waals surface area contributed by atoms with Crippen LogP contribution in [0.3, 0.4) is 0 Å². The van der Waals surface area contributed by atoms with Gasteiger partial charge in [-0.05, 0) is 125 Å². The number of hydrogen-bond donors (Lipinski definition) is 2. The lowest BCUT2D eigenvalue weighted by atomic mass is 9.57. The third-order valence-corrected chi connectivity index (χ3v) is 10.3. The molecule has 3 aliphatic rings. The Morgan fingerprint density at radius 3 is 2.73 bits per heavy atom. The monoisotopic (exact) mass is 619 g/mol. The smallest absolute Gasteiger partial charge is 0.248 e. The molecule has 2 heterocycles. The van der Waals surface area contributed by atoms with Crippen molar-refractivity contribution in [2.75, 3.05) is 37.4 Å². The van der Waals surface area contributed by atoms with Crippen LogP contribution in [-0.4, -0.2) is 47.5 Å². The number of hydrogen-bond acceptors (Lipinski definition) is 6. The molecule has 1 aliphatic heterocycles. The highest BCUT2D eigenvalue weighted by Crippen LogP contribution is 2.53. The summed E-state index contributed by atoms with van der Waals surface area (Å²) in [6.07, 6.45) is 15.9. The lowest BCUT2D eigenvalue weighted by molar-refractivity contribution is -0.111. The molecule has 2 aromatic carbocycles. The van der Waals surface area contributed by atoms with Gasteiger partial charge in [-0.3, -0.25) is 4.79 Å². The van der Waals surface area contributed by atoms with E-state index in [1.165, 1.54) is 76.5 Å². The van der Waals surface area contributed by atoms with Gasteiger partial charge in [-0.25, -0.2) is 14.4 Å². The van der Waals surface area contributed by atoms with Crippen LogP contribution in [0.15, 0.2) is 48.8 Å². The number of anilines is 3. The Balaban J connectivity index is 1.17. The quantitative estimate of drug-likeness (QED) is 0.222. The van der Waals surface area contributed by atoms with Crippen LogP contribution < -0.4 is 15.4 Å². The van der Waals surface area contributed by atoms with Gasteiger partial charge in [-0.2, -0.15) is 0 Å². The van der Waals surface area contributed by atoms with Gasteiger partial charge in [0.2, 0.25) is 5.91 Å². The van der Waals surface area contributed by atoms with Crippen molar-refractivity contribution >= 4 is 45.6 Å². The summed E-state index contributed by atoms with van der Waals surface area (Å²) < 4.78 is 20.1. The molecule has 2 N–H and O–H groups in total. The van der Waals surface area contributed by atoms with Gasteiger partial charge in [-0.15, -0.1) is 0 Å². The van der Waals surface area contributed by atoms with E-state index < -0.39 is 5.82 Å². The van der Waals surface area contributed by atoms with Crippen molar-refractivity contribution in [2.24, 2.45) is 23.2 Å². The average molecular weight is 620 g/mol. The summed E-state index contributed by atoms with van der Waals surface area (Å²) in [5, 5.41) is 6.98. The number of carbonyl (C=O) groups is 1. The Morgan fingerprint density at radius 2 is 1.98 bits per heavy atom. The van der Waals surface area contributed by atoms with E-state index in [0.717, 1.165) is 18.8 Å². The molecule has 44 heavy (non-hydrogen) atoms. The molecule has 234 valence electrons.